The first-order chi connectivity index (χ1) is 9.04. The van der Waals surface area contributed by atoms with E-state index in [4.69, 9.17) is 5.73 Å². The second-order valence-electron chi connectivity index (χ2n) is 4.52. The lowest BCUT2D eigenvalue weighted by atomic mass is 10.2. The van der Waals surface area contributed by atoms with Crippen molar-refractivity contribution in [3.63, 3.8) is 0 Å². The number of fused-ring (bicyclic) bond motifs is 3. The van der Waals surface area contributed by atoms with Gasteiger partial charge in [0.15, 0.2) is 5.78 Å². The third-order valence-corrected chi connectivity index (χ3v) is 4.50. The van der Waals surface area contributed by atoms with Crippen LogP contribution in [-0.4, -0.2) is 10.2 Å². The van der Waals surface area contributed by atoms with Crippen LogP contribution in [0, 0.1) is 18.3 Å². The third-order valence-electron chi connectivity index (χ3n) is 3.19. The second kappa shape index (κ2) is 3.84. The maximum Gasteiger partial charge on any atom is 0.171 e. The zero-order valence-corrected chi connectivity index (χ0v) is 11.3. The van der Waals surface area contributed by atoms with Crippen molar-refractivity contribution in [3.05, 3.63) is 34.3 Å². The number of pyridine rings is 1. The number of aromatic nitrogens is 1. The molecule has 0 saturated carbocycles. The molecule has 0 amide bonds. The van der Waals surface area contributed by atoms with E-state index < -0.39 is 0 Å². The summed E-state index contributed by atoms with van der Waals surface area (Å²) in [5.41, 5.74) is 9.81. The van der Waals surface area contributed by atoms with Crippen molar-refractivity contribution in [1.82, 2.24) is 4.40 Å². The molecule has 2 N–H and O–H groups in total. The van der Waals surface area contributed by atoms with Crippen LogP contribution in [0.25, 0.3) is 15.7 Å². The number of nitrogen functional groups attached to an aromatic ring is 1. The predicted octanol–water partition coefficient (Wildman–Crippen LogP) is 3.12. The van der Waals surface area contributed by atoms with Gasteiger partial charge in [-0.15, -0.1) is 11.3 Å². The zero-order chi connectivity index (χ0) is 13.7. The maximum absolute atomic E-state index is 11.6. The van der Waals surface area contributed by atoms with E-state index in [9.17, 15) is 10.1 Å². The van der Waals surface area contributed by atoms with Crippen molar-refractivity contribution in [3.8, 4) is 6.07 Å². The summed E-state index contributed by atoms with van der Waals surface area (Å²) in [5, 5.41) is 9.37. The molecule has 0 atom stereocenters. The minimum atomic E-state index is -0.0662. The Morgan fingerprint density at radius 2 is 2.26 bits per heavy atom. The molecule has 0 saturated heterocycles. The summed E-state index contributed by atoms with van der Waals surface area (Å²) in [4.78, 5) is 12.1. The molecular weight excluding hydrogens is 258 g/mol. The van der Waals surface area contributed by atoms with Crippen molar-refractivity contribution >= 4 is 38.5 Å². The highest BCUT2D eigenvalue weighted by atomic mass is 32.1. The van der Waals surface area contributed by atoms with Gasteiger partial charge in [0.25, 0.3) is 0 Å². The Morgan fingerprint density at radius 3 is 2.89 bits per heavy atom. The first-order valence-corrected chi connectivity index (χ1v) is 6.60. The van der Waals surface area contributed by atoms with Crippen LogP contribution >= 0.6 is 11.3 Å². The lowest BCUT2D eigenvalue weighted by Gasteiger charge is -2.00. The van der Waals surface area contributed by atoms with Crippen molar-refractivity contribution < 1.29 is 4.79 Å². The highest BCUT2D eigenvalue weighted by Gasteiger charge is 2.21. The standard InChI is InChI=1S/C14H11N3OS/c1-7-3-4-17-10(5-7)9(6-15)14-12(17)11(16)13(19-14)8(2)18/h3-5H,16H2,1-2H3. The van der Waals surface area contributed by atoms with Gasteiger partial charge in [-0.25, -0.2) is 0 Å². The second-order valence-corrected chi connectivity index (χ2v) is 5.55. The fraction of sp³-hybridized carbons (Fsp3) is 0.143. The van der Waals surface area contributed by atoms with E-state index in [0.29, 0.717) is 16.1 Å². The minimum Gasteiger partial charge on any atom is -0.396 e. The molecule has 0 fully saturated rings. The van der Waals surface area contributed by atoms with Crippen LogP contribution in [-0.2, 0) is 0 Å². The largest absolute Gasteiger partial charge is 0.396 e. The van der Waals surface area contributed by atoms with Crippen molar-refractivity contribution in [2.24, 2.45) is 0 Å². The summed E-state index contributed by atoms with van der Waals surface area (Å²) < 4.78 is 2.68. The summed E-state index contributed by atoms with van der Waals surface area (Å²) in [5.74, 6) is -0.0662. The Hall–Kier alpha value is -2.32. The van der Waals surface area contributed by atoms with Crippen LogP contribution in [0.5, 0.6) is 0 Å². The SMILES string of the molecule is CC(=O)c1sc2c(C#N)c3cc(C)ccn3c2c1N. The number of ketones is 1. The molecule has 94 valence electrons. The molecule has 3 heterocycles. The van der Waals surface area contributed by atoms with Gasteiger partial charge in [-0.2, -0.15) is 5.26 Å². The Balaban J connectivity index is 2.58. The third kappa shape index (κ3) is 1.47. The van der Waals surface area contributed by atoms with E-state index >= 15 is 0 Å². The molecule has 5 heteroatoms. The van der Waals surface area contributed by atoms with Gasteiger partial charge in [-0.05, 0) is 24.6 Å². The number of nitrogens with zero attached hydrogens (tertiary/aromatic N) is 2. The minimum absolute atomic E-state index is 0.0662. The number of hydrogen-bond acceptors (Lipinski definition) is 4. The first kappa shape index (κ1) is 11.8. The molecule has 0 aromatic carbocycles. The molecule has 0 aliphatic heterocycles. The monoisotopic (exact) mass is 269 g/mol. The molecule has 0 aliphatic carbocycles. The quantitative estimate of drug-likeness (QED) is 0.690. The fourth-order valence-electron chi connectivity index (χ4n) is 2.32. The number of nitriles is 1. The van der Waals surface area contributed by atoms with E-state index in [1.165, 1.54) is 18.3 Å². The van der Waals surface area contributed by atoms with Gasteiger partial charge < -0.3 is 10.1 Å². The van der Waals surface area contributed by atoms with Gasteiger partial charge in [-0.3, -0.25) is 4.79 Å². The number of Topliss-reactive ketones (excluding diaryl/α,β-unsaturated/α-hetero) is 1. The average molecular weight is 269 g/mol. The molecule has 0 unspecified atom stereocenters. The number of carbonyl (C=O) groups is 1. The van der Waals surface area contributed by atoms with Crippen molar-refractivity contribution in [2.75, 3.05) is 5.73 Å². The van der Waals surface area contributed by atoms with Crippen LogP contribution in [0.4, 0.5) is 5.69 Å². The zero-order valence-electron chi connectivity index (χ0n) is 10.5. The molecular formula is C14H11N3OS. The molecule has 3 aromatic rings. The summed E-state index contributed by atoms with van der Waals surface area (Å²) in [7, 11) is 0. The van der Waals surface area contributed by atoms with Crippen LogP contribution in [0.1, 0.15) is 27.7 Å². The van der Waals surface area contributed by atoms with Crippen molar-refractivity contribution in [1.29, 1.82) is 5.26 Å². The van der Waals surface area contributed by atoms with Crippen LogP contribution in [0.15, 0.2) is 18.3 Å². The smallest absolute Gasteiger partial charge is 0.171 e. The lowest BCUT2D eigenvalue weighted by Crippen LogP contribution is -1.96. The van der Waals surface area contributed by atoms with E-state index in [0.717, 1.165) is 21.3 Å². The molecule has 4 nitrogen and oxygen atoms in total. The average Bonchev–Trinajstić information content (AvgIpc) is 2.84. The Kier molecular flexibility index (Phi) is 2.37. The number of thiophene rings is 1. The number of aryl methyl sites for hydroxylation is 1. The molecule has 0 spiro atoms. The maximum atomic E-state index is 11.6. The molecule has 19 heavy (non-hydrogen) atoms. The fourth-order valence-corrected chi connectivity index (χ4v) is 3.43. The van der Waals surface area contributed by atoms with Crippen molar-refractivity contribution in [2.45, 2.75) is 13.8 Å². The molecule has 0 radical (unpaired) electrons. The normalized spacial score (nSPS) is 11.0. The summed E-state index contributed by atoms with van der Waals surface area (Å²) in [6.45, 7) is 3.47. The van der Waals surface area contributed by atoms with Crippen LogP contribution in [0.3, 0.4) is 0 Å². The summed E-state index contributed by atoms with van der Waals surface area (Å²) in [6, 6.07) is 6.14. The number of nitrogens with two attached hydrogens (primary N) is 1. The van der Waals surface area contributed by atoms with Gasteiger partial charge in [0.05, 0.1) is 31.9 Å². The Bertz CT molecular complexity index is 880. The predicted molar refractivity (Wildman–Crippen MR) is 76.6 cm³/mol. The molecule has 3 aromatic heterocycles. The Labute approximate surface area is 113 Å². The summed E-state index contributed by atoms with van der Waals surface area (Å²) >= 11 is 1.30. The van der Waals surface area contributed by atoms with Gasteiger partial charge in [-0.1, -0.05) is 0 Å². The van der Waals surface area contributed by atoms with Crippen LogP contribution in [0.2, 0.25) is 0 Å². The van der Waals surface area contributed by atoms with E-state index in [1.807, 2.05) is 29.7 Å². The lowest BCUT2D eigenvalue weighted by molar-refractivity contribution is 0.102. The number of anilines is 1. The topological polar surface area (TPSA) is 71.3 Å². The van der Waals surface area contributed by atoms with Gasteiger partial charge in [0, 0.05) is 13.1 Å². The van der Waals surface area contributed by atoms with E-state index in [1.54, 1.807) is 0 Å². The highest BCUT2D eigenvalue weighted by molar-refractivity contribution is 7.22. The van der Waals surface area contributed by atoms with Crippen LogP contribution < -0.4 is 5.73 Å². The van der Waals surface area contributed by atoms with E-state index in [2.05, 4.69) is 6.07 Å². The Morgan fingerprint density at radius 1 is 1.53 bits per heavy atom. The number of rotatable bonds is 1. The molecule has 0 aliphatic rings. The number of carbonyl (C=O) groups excluding carboxylic acids is 1. The molecule has 0 bridgehead atoms. The van der Waals surface area contributed by atoms with E-state index in [-0.39, 0.29) is 5.78 Å². The first-order valence-electron chi connectivity index (χ1n) is 5.78. The van der Waals surface area contributed by atoms with Gasteiger partial charge >= 0.3 is 0 Å². The van der Waals surface area contributed by atoms with Gasteiger partial charge in [0.2, 0.25) is 0 Å². The van der Waals surface area contributed by atoms with Gasteiger partial charge in [0.1, 0.15) is 6.07 Å². The summed E-state index contributed by atoms with van der Waals surface area (Å²) in [6.07, 6.45) is 1.89. The molecule has 3 rings (SSSR count). The number of hydrogen-bond donors (Lipinski definition) is 1. The highest BCUT2D eigenvalue weighted by Crippen LogP contribution is 2.39.